The molecular formula is C7H19O2Si3. The molecule has 0 aromatic carbocycles. The smallest absolute Gasteiger partial charge is 0.300 e. The summed E-state index contributed by atoms with van der Waals surface area (Å²) in [6, 6.07) is 0. The lowest BCUT2D eigenvalue weighted by atomic mass is 10.5. The van der Waals surface area contributed by atoms with Gasteiger partial charge in [-0.2, -0.15) is 0 Å². The number of hydrogen-bond acceptors (Lipinski definition) is 2. The van der Waals surface area contributed by atoms with Gasteiger partial charge in [-0.1, -0.05) is 6.55 Å². The van der Waals surface area contributed by atoms with Crippen molar-refractivity contribution in [1.29, 1.82) is 0 Å². The van der Waals surface area contributed by atoms with E-state index in [0.717, 1.165) is 0 Å². The molecule has 0 aliphatic carbocycles. The summed E-state index contributed by atoms with van der Waals surface area (Å²) < 4.78 is 16.8. The Morgan fingerprint density at radius 3 is 2.00 bits per heavy atom. The van der Waals surface area contributed by atoms with Crippen molar-refractivity contribution in [1.82, 2.24) is 0 Å². The first kappa shape index (κ1) is 12.4. The van der Waals surface area contributed by atoms with Crippen LogP contribution in [0.1, 0.15) is 13.8 Å². The second kappa shape index (κ2) is 4.08. The van der Waals surface area contributed by atoms with E-state index in [1.54, 1.807) is 0 Å². The first-order valence-corrected chi connectivity index (χ1v) is 12.1. The molecule has 5 heteroatoms. The van der Waals surface area contributed by atoms with E-state index in [9.17, 15) is 4.46 Å². The Bertz CT molecular complexity index is 163. The van der Waals surface area contributed by atoms with Crippen LogP contribution in [0.5, 0.6) is 0 Å². The van der Waals surface area contributed by atoms with Gasteiger partial charge >= 0.3 is 8.92 Å². The van der Waals surface area contributed by atoms with Crippen LogP contribution in [-0.4, -0.2) is 30.8 Å². The molecule has 0 saturated carbocycles. The fourth-order valence-corrected chi connectivity index (χ4v) is 6.03. The second-order valence-corrected chi connectivity index (χ2v) is 15.5. The van der Waals surface area contributed by atoms with E-state index in [0.29, 0.717) is 0 Å². The van der Waals surface area contributed by atoms with Crippen molar-refractivity contribution in [3.8, 4) is 0 Å². The average Bonchev–Trinajstić information content (AvgIpc) is 1.80. The van der Waals surface area contributed by atoms with E-state index in [1.807, 2.05) is 0 Å². The van der Waals surface area contributed by atoms with E-state index in [1.165, 1.54) is 0 Å². The summed E-state index contributed by atoms with van der Waals surface area (Å²) in [6.45, 7) is 12.8. The molecule has 0 heterocycles. The monoisotopic (exact) mass is 219 g/mol. The Kier molecular flexibility index (Phi) is 4.22. The van der Waals surface area contributed by atoms with Crippen LogP contribution in [0.2, 0.25) is 26.2 Å². The van der Waals surface area contributed by atoms with Gasteiger partial charge in [0.05, 0.1) is 0 Å². The van der Waals surface area contributed by atoms with Gasteiger partial charge < -0.3 is 8.89 Å². The van der Waals surface area contributed by atoms with Crippen LogP contribution in [-0.2, 0) is 8.89 Å². The highest BCUT2D eigenvalue weighted by atomic mass is 29.2. The highest BCUT2D eigenvalue weighted by Gasteiger charge is 2.33. The van der Waals surface area contributed by atoms with Crippen LogP contribution in [0.25, 0.3) is 0 Å². The zero-order chi connectivity index (χ0) is 9.99. The molecule has 71 valence electrons. The SMILES string of the molecule is C[SiH]([Si]=O)C(C)(C)O[Si](C)(C)C. The van der Waals surface area contributed by atoms with Crippen molar-refractivity contribution < 1.29 is 8.89 Å². The summed E-state index contributed by atoms with van der Waals surface area (Å²) in [7, 11) is -2.82. The van der Waals surface area contributed by atoms with Gasteiger partial charge in [0.2, 0.25) is 0 Å². The van der Waals surface area contributed by atoms with E-state index in [2.05, 4.69) is 40.0 Å². The largest absolute Gasteiger partial charge is 0.416 e. The molecule has 0 aromatic heterocycles. The Hall–Kier alpha value is 0.411. The molecule has 1 atom stereocenters. The molecule has 0 aromatic rings. The minimum absolute atomic E-state index is 0.106. The average molecular weight is 219 g/mol. The van der Waals surface area contributed by atoms with Crippen LogP contribution >= 0.6 is 0 Å². The van der Waals surface area contributed by atoms with Gasteiger partial charge in [-0.15, -0.1) is 0 Å². The zero-order valence-electron chi connectivity index (χ0n) is 8.89. The van der Waals surface area contributed by atoms with Crippen molar-refractivity contribution in [2.24, 2.45) is 0 Å². The molecule has 0 aliphatic heterocycles. The summed E-state index contributed by atoms with van der Waals surface area (Å²) in [5.74, 6) is 0. The Morgan fingerprint density at radius 1 is 1.33 bits per heavy atom. The van der Waals surface area contributed by atoms with Gasteiger partial charge in [0.15, 0.2) is 8.32 Å². The molecule has 1 radical (unpaired) electrons. The van der Waals surface area contributed by atoms with Crippen molar-refractivity contribution in [2.45, 2.75) is 45.3 Å². The third-order valence-electron chi connectivity index (χ3n) is 1.79. The maximum atomic E-state index is 10.8. The van der Waals surface area contributed by atoms with Crippen molar-refractivity contribution >= 4 is 25.6 Å². The lowest BCUT2D eigenvalue weighted by Crippen LogP contribution is -2.49. The van der Waals surface area contributed by atoms with Crippen LogP contribution in [0, 0.1) is 0 Å². The highest BCUT2D eigenvalue weighted by Crippen LogP contribution is 2.18. The maximum absolute atomic E-state index is 10.8. The summed E-state index contributed by atoms with van der Waals surface area (Å²) in [5, 5.41) is -0.106. The van der Waals surface area contributed by atoms with Gasteiger partial charge in [0, 0.05) is 5.22 Å². The molecule has 0 aliphatic rings. The predicted molar refractivity (Wildman–Crippen MR) is 58.0 cm³/mol. The Balaban J connectivity index is 4.31. The van der Waals surface area contributed by atoms with E-state index >= 15 is 0 Å². The Morgan fingerprint density at radius 2 is 1.75 bits per heavy atom. The summed E-state index contributed by atoms with van der Waals surface area (Å²) in [5.41, 5.74) is 0. The standard InChI is InChI=1S/C7H19O2Si3/c1-7(2,11(3)10-8)9-12(4,5)6/h11H,1-6H3. The zero-order valence-corrected chi connectivity index (χ0v) is 12.0. The summed E-state index contributed by atoms with van der Waals surface area (Å²) in [6.07, 6.45) is 0. The predicted octanol–water partition coefficient (Wildman–Crippen LogP) is 1.56. The molecule has 12 heavy (non-hydrogen) atoms. The molecule has 0 N–H and O–H groups in total. The minimum Gasteiger partial charge on any atom is -0.416 e. The van der Waals surface area contributed by atoms with Crippen molar-refractivity contribution in [3.05, 3.63) is 0 Å². The second-order valence-electron chi connectivity index (χ2n) is 4.66. The summed E-state index contributed by atoms with van der Waals surface area (Å²) in [4.78, 5) is 0. The fraction of sp³-hybridized carbons (Fsp3) is 1.00. The van der Waals surface area contributed by atoms with Crippen LogP contribution in [0.15, 0.2) is 0 Å². The molecule has 0 fully saturated rings. The topological polar surface area (TPSA) is 26.3 Å². The van der Waals surface area contributed by atoms with Gasteiger partial charge in [-0.05, 0) is 33.5 Å². The molecule has 0 bridgehead atoms. The normalized spacial score (nSPS) is 15.8. The molecule has 0 rings (SSSR count). The summed E-state index contributed by atoms with van der Waals surface area (Å²) >= 11 is 0. The lowest BCUT2D eigenvalue weighted by molar-refractivity contribution is 0.184. The first-order chi connectivity index (χ1) is 5.19. The van der Waals surface area contributed by atoms with Gasteiger partial charge in [-0.3, -0.25) is 0 Å². The van der Waals surface area contributed by atoms with Crippen molar-refractivity contribution in [2.75, 3.05) is 0 Å². The lowest BCUT2D eigenvalue weighted by Gasteiger charge is -2.34. The molecule has 0 amide bonds. The maximum Gasteiger partial charge on any atom is 0.300 e. The quantitative estimate of drug-likeness (QED) is 0.671. The van der Waals surface area contributed by atoms with Crippen LogP contribution < -0.4 is 0 Å². The molecule has 0 saturated heterocycles. The molecule has 1 unspecified atom stereocenters. The minimum atomic E-state index is -1.47. The number of rotatable bonds is 4. The molecule has 0 spiro atoms. The van der Waals surface area contributed by atoms with Crippen molar-refractivity contribution in [3.63, 3.8) is 0 Å². The van der Waals surface area contributed by atoms with Crippen LogP contribution in [0.3, 0.4) is 0 Å². The molecular weight excluding hydrogens is 200 g/mol. The van der Waals surface area contributed by atoms with E-state index in [-0.39, 0.29) is 14.1 Å². The van der Waals surface area contributed by atoms with Crippen LogP contribution in [0.4, 0.5) is 0 Å². The first-order valence-electron chi connectivity index (χ1n) is 4.27. The Labute approximate surface area is 80.1 Å². The highest BCUT2D eigenvalue weighted by molar-refractivity contribution is 7.07. The third-order valence-corrected chi connectivity index (χ3v) is 8.87. The number of hydrogen-bond donors (Lipinski definition) is 0. The third kappa shape index (κ3) is 4.44. The van der Waals surface area contributed by atoms with Gasteiger partial charge in [0.1, 0.15) is 8.31 Å². The van der Waals surface area contributed by atoms with E-state index in [4.69, 9.17) is 4.43 Å². The van der Waals surface area contributed by atoms with Gasteiger partial charge in [-0.25, -0.2) is 0 Å². The fourth-order valence-electron chi connectivity index (χ4n) is 1.02. The molecule has 2 nitrogen and oxygen atoms in total. The van der Waals surface area contributed by atoms with E-state index < -0.39 is 16.6 Å². The van der Waals surface area contributed by atoms with Gasteiger partial charge in [0.25, 0.3) is 0 Å².